The molecular weight excluding hydrogens is 288 g/mol. The molecule has 22 heavy (non-hydrogen) atoms. The van der Waals surface area contributed by atoms with E-state index in [2.05, 4.69) is 10.2 Å². The Morgan fingerprint density at radius 3 is 2.86 bits per heavy atom. The molecule has 2 fully saturated rings. The van der Waals surface area contributed by atoms with Crippen LogP contribution in [0, 0.1) is 0 Å². The molecule has 0 aromatic carbocycles. The Bertz CT molecular complexity index is 336. The molecule has 2 aliphatic rings. The minimum Gasteiger partial charge on any atom is -0.390 e. The topological polar surface area (TPSA) is 80.3 Å². The van der Waals surface area contributed by atoms with Crippen molar-refractivity contribution in [3.05, 3.63) is 0 Å². The van der Waals surface area contributed by atoms with Crippen molar-refractivity contribution in [2.24, 2.45) is 0 Å². The van der Waals surface area contributed by atoms with E-state index >= 15 is 0 Å². The van der Waals surface area contributed by atoms with Gasteiger partial charge in [0.1, 0.15) is 0 Å². The van der Waals surface area contributed by atoms with Gasteiger partial charge in [-0.05, 0) is 19.3 Å². The van der Waals surface area contributed by atoms with Gasteiger partial charge >= 0.3 is 0 Å². The summed E-state index contributed by atoms with van der Waals surface area (Å²) in [6, 6.07) is 0. The Hall–Kier alpha value is -0.730. The molecule has 0 aromatic rings. The molecule has 0 bridgehead atoms. The molecule has 2 aliphatic heterocycles. The maximum atomic E-state index is 12.1. The number of methoxy groups -OCH3 is 1. The van der Waals surface area contributed by atoms with Crippen LogP contribution in [-0.4, -0.2) is 87.3 Å². The van der Waals surface area contributed by atoms with E-state index in [0.717, 1.165) is 45.7 Å². The first-order chi connectivity index (χ1) is 10.7. The van der Waals surface area contributed by atoms with Crippen molar-refractivity contribution in [2.45, 2.75) is 37.6 Å². The molecule has 2 N–H and O–H groups in total. The highest BCUT2D eigenvalue weighted by molar-refractivity contribution is 5.81. The molecule has 0 aromatic heterocycles. The Kier molecular flexibility index (Phi) is 7.54. The van der Waals surface area contributed by atoms with Crippen LogP contribution in [-0.2, 0) is 19.0 Å². The smallest absolute Gasteiger partial charge is 0.251 e. The number of aliphatic hydroxyl groups is 1. The van der Waals surface area contributed by atoms with Crippen LogP contribution in [0.1, 0.15) is 19.3 Å². The minimum atomic E-state index is -0.764. The fraction of sp³-hybridized carbons (Fsp3) is 0.933. The fourth-order valence-electron chi connectivity index (χ4n) is 2.85. The van der Waals surface area contributed by atoms with Gasteiger partial charge in [-0.25, -0.2) is 0 Å². The van der Waals surface area contributed by atoms with Crippen molar-refractivity contribution >= 4 is 5.91 Å². The molecule has 2 rings (SSSR count). The number of nitrogens with zero attached hydrogens (tertiary/aromatic N) is 1. The third kappa shape index (κ3) is 5.48. The van der Waals surface area contributed by atoms with Crippen LogP contribution in [0.3, 0.4) is 0 Å². The lowest BCUT2D eigenvalue weighted by molar-refractivity contribution is -0.159. The summed E-state index contributed by atoms with van der Waals surface area (Å²) in [5.41, 5.74) is 0. The van der Waals surface area contributed by atoms with Gasteiger partial charge in [0.05, 0.1) is 32.0 Å². The van der Waals surface area contributed by atoms with E-state index in [1.54, 1.807) is 7.11 Å². The number of hydrogen-bond donors (Lipinski definition) is 2. The summed E-state index contributed by atoms with van der Waals surface area (Å²) in [6.45, 7) is 5.31. The molecule has 128 valence electrons. The van der Waals surface area contributed by atoms with Crippen LogP contribution < -0.4 is 5.32 Å². The van der Waals surface area contributed by atoms with Crippen molar-refractivity contribution in [1.29, 1.82) is 0 Å². The first kappa shape index (κ1) is 17.6. The summed E-state index contributed by atoms with van der Waals surface area (Å²) >= 11 is 0. The van der Waals surface area contributed by atoms with Gasteiger partial charge in [-0.15, -0.1) is 0 Å². The number of aliphatic hydroxyl groups excluding tert-OH is 1. The van der Waals surface area contributed by atoms with Crippen molar-refractivity contribution < 1.29 is 24.1 Å². The average Bonchev–Trinajstić information content (AvgIpc) is 2.55. The molecule has 1 amide bonds. The van der Waals surface area contributed by atoms with Crippen molar-refractivity contribution in [3.8, 4) is 0 Å². The van der Waals surface area contributed by atoms with Gasteiger partial charge in [0.15, 0.2) is 6.10 Å². The van der Waals surface area contributed by atoms with E-state index in [1.165, 1.54) is 0 Å². The van der Waals surface area contributed by atoms with E-state index in [1.807, 2.05) is 0 Å². The summed E-state index contributed by atoms with van der Waals surface area (Å²) in [6.07, 6.45) is 0.838. The average molecular weight is 316 g/mol. The molecule has 2 heterocycles. The first-order valence-corrected chi connectivity index (χ1v) is 8.11. The van der Waals surface area contributed by atoms with Crippen LogP contribution >= 0.6 is 0 Å². The van der Waals surface area contributed by atoms with Crippen molar-refractivity contribution in [3.63, 3.8) is 0 Å². The predicted molar refractivity (Wildman–Crippen MR) is 80.7 cm³/mol. The summed E-state index contributed by atoms with van der Waals surface area (Å²) in [5.74, 6) is -0.249. The largest absolute Gasteiger partial charge is 0.390 e. The zero-order chi connectivity index (χ0) is 15.8. The molecule has 7 nitrogen and oxygen atoms in total. The van der Waals surface area contributed by atoms with Crippen molar-refractivity contribution in [1.82, 2.24) is 10.2 Å². The molecule has 0 aliphatic carbocycles. The minimum absolute atomic E-state index is 0.0319. The number of carbonyl (C=O) groups is 1. The highest BCUT2D eigenvalue weighted by atomic mass is 16.5. The van der Waals surface area contributed by atoms with E-state index in [9.17, 15) is 9.90 Å². The third-order valence-corrected chi connectivity index (χ3v) is 4.21. The van der Waals surface area contributed by atoms with Gasteiger partial charge in [-0.3, -0.25) is 9.69 Å². The molecule has 2 saturated heterocycles. The highest BCUT2D eigenvalue weighted by Gasteiger charge is 2.34. The number of carbonyl (C=O) groups excluding carboxylic acids is 1. The van der Waals surface area contributed by atoms with Crippen LogP contribution in [0.4, 0.5) is 0 Å². The number of rotatable bonds is 7. The molecule has 3 atom stereocenters. The lowest BCUT2D eigenvalue weighted by Crippen LogP contribution is -2.50. The Balaban J connectivity index is 1.73. The second-order valence-corrected chi connectivity index (χ2v) is 5.85. The van der Waals surface area contributed by atoms with E-state index in [-0.39, 0.29) is 12.0 Å². The Morgan fingerprint density at radius 2 is 2.14 bits per heavy atom. The first-order valence-electron chi connectivity index (χ1n) is 8.11. The summed E-state index contributed by atoms with van der Waals surface area (Å²) in [7, 11) is 1.58. The standard InChI is InChI=1S/C15H28N2O5/c1-20-9-5-16-15(19)14-13(18)3-2-12(22-14)4-6-17-7-10-21-11-8-17/h12-14,18H,2-11H2,1H3,(H,16,19)/t12-,13-,14-/m0/s1. The Morgan fingerprint density at radius 1 is 1.36 bits per heavy atom. The van der Waals surface area contributed by atoms with Gasteiger partial charge in [-0.2, -0.15) is 0 Å². The van der Waals surface area contributed by atoms with E-state index < -0.39 is 12.2 Å². The predicted octanol–water partition coefficient (Wildman–Crippen LogP) is -0.620. The lowest BCUT2D eigenvalue weighted by atomic mass is 9.98. The molecular formula is C15H28N2O5. The van der Waals surface area contributed by atoms with Crippen LogP contribution in [0.25, 0.3) is 0 Å². The zero-order valence-electron chi connectivity index (χ0n) is 13.3. The summed E-state index contributed by atoms with van der Waals surface area (Å²) in [5, 5.41) is 12.7. The van der Waals surface area contributed by atoms with E-state index in [4.69, 9.17) is 14.2 Å². The Labute approximate surface area is 131 Å². The van der Waals surface area contributed by atoms with E-state index in [0.29, 0.717) is 19.6 Å². The number of hydrogen-bond acceptors (Lipinski definition) is 6. The monoisotopic (exact) mass is 316 g/mol. The SMILES string of the molecule is COCCNC(=O)[C@H]1O[C@H](CCN2CCOCC2)CC[C@@H]1O. The molecule has 0 spiro atoms. The third-order valence-electron chi connectivity index (χ3n) is 4.21. The van der Waals surface area contributed by atoms with Crippen LogP contribution in [0.15, 0.2) is 0 Å². The normalized spacial score (nSPS) is 30.2. The fourth-order valence-corrected chi connectivity index (χ4v) is 2.85. The van der Waals surface area contributed by atoms with Gasteiger partial charge < -0.3 is 24.6 Å². The van der Waals surface area contributed by atoms with Crippen molar-refractivity contribution in [2.75, 3.05) is 53.1 Å². The number of nitrogens with one attached hydrogen (secondary N) is 1. The molecule has 0 saturated carbocycles. The van der Waals surface area contributed by atoms with Crippen LogP contribution in [0.5, 0.6) is 0 Å². The second-order valence-electron chi connectivity index (χ2n) is 5.85. The van der Waals surface area contributed by atoms with Gasteiger partial charge in [0.25, 0.3) is 5.91 Å². The van der Waals surface area contributed by atoms with Crippen LogP contribution in [0.2, 0.25) is 0 Å². The zero-order valence-corrected chi connectivity index (χ0v) is 13.3. The molecule has 0 unspecified atom stereocenters. The number of ether oxygens (including phenoxy) is 3. The summed E-state index contributed by atoms with van der Waals surface area (Å²) < 4.78 is 16.1. The quantitative estimate of drug-likeness (QED) is 0.610. The number of amides is 1. The molecule has 0 radical (unpaired) electrons. The summed E-state index contributed by atoms with van der Waals surface area (Å²) in [4.78, 5) is 14.4. The maximum Gasteiger partial charge on any atom is 0.251 e. The maximum absolute atomic E-state index is 12.1. The van der Waals surface area contributed by atoms with Gasteiger partial charge in [0, 0.05) is 33.3 Å². The van der Waals surface area contributed by atoms with Gasteiger partial charge in [0.2, 0.25) is 0 Å². The highest BCUT2D eigenvalue weighted by Crippen LogP contribution is 2.22. The molecule has 7 heteroatoms. The lowest BCUT2D eigenvalue weighted by Gasteiger charge is -2.34. The second kappa shape index (κ2) is 9.42. The number of morpholine rings is 1. The van der Waals surface area contributed by atoms with Gasteiger partial charge in [-0.1, -0.05) is 0 Å².